The van der Waals surface area contributed by atoms with Gasteiger partial charge in [-0.05, 0) is 19.4 Å². The molecule has 0 amide bonds. The molecule has 0 saturated carbocycles. The first-order valence-corrected chi connectivity index (χ1v) is 10.1. The van der Waals surface area contributed by atoms with Crippen molar-refractivity contribution >= 4 is 29.3 Å². The molecule has 2 heterocycles. The van der Waals surface area contributed by atoms with Crippen LogP contribution >= 0.6 is 11.6 Å². The maximum Gasteiger partial charge on any atom is 0.311 e. The van der Waals surface area contributed by atoms with Gasteiger partial charge in [0.25, 0.3) is 0 Å². The molecule has 1 saturated heterocycles. The zero-order valence-corrected chi connectivity index (χ0v) is 17.2. The lowest BCUT2D eigenvalue weighted by molar-refractivity contribution is -0.177. The molecule has 28 heavy (non-hydrogen) atoms. The van der Waals surface area contributed by atoms with Crippen molar-refractivity contribution in [3.05, 3.63) is 34.3 Å². The number of carbonyl (C=O) groups is 3. The van der Waals surface area contributed by atoms with E-state index in [0.717, 1.165) is 12.8 Å². The molecule has 0 aromatic heterocycles. The Morgan fingerprint density at radius 3 is 2.64 bits per heavy atom. The number of esters is 2. The fourth-order valence-electron chi connectivity index (χ4n) is 4.06. The predicted octanol–water partition coefficient (Wildman–Crippen LogP) is 4.23. The average Bonchev–Trinajstić information content (AvgIpc) is 2.90. The van der Waals surface area contributed by atoms with E-state index in [1.54, 1.807) is 6.08 Å². The Bertz CT molecular complexity index is 808. The number of ether oxygens (including phenoxy) is 3. The van der Waals surface area contributed by atoms with Gasteiger partial charge in [0.15, 0.2) is 5.60 Å². The van der Waals surface area contributed by atoms with Crippen LogP contribution in [0.1, 0.15) is 65.7 Å². The molecule has 2 atom stereocenters. The topological polar surface area (TPSA) is 78.9 Å². The molecule has 1 aliphatic carbocycles. The fourth-order valence-corrected chi connectivity index (χ4v) is 4.40. The molecule has 0 radical (unpaired) electrons. The molecule has 3 aliphatic rings. The first-order chi connectivity index (χ1) is 13.2. The van der Waals surface area contributed by atoms with Crippen molar-refractivity contribution < 1.29 is 28.6 Å². The van der Waals surface area contributed by atoms with Crippen molar-refractivity contribution in [2.24, 2.45) is 0 Å². The van der Waals surface area contributed by atoms with E-state index in [1.807, 2.05) is 0 Å². The Morgan fingerprint density at radius 1 is 1.25 bits per heavy atom. The number of Topliss-reactive ketones (excluding diaryl/α,β-unsaturated/α-hetero) is 1. The molecule has 7 heteroatoms. The Hall–Kier alpha value is -2.08. The van der Waals surface area contributed by atoms with Crippen molar-refractivity contribution in [3.8, 4) is 0 Å². The molecule has 3 rings (SSSR count). The summed E-state index contributed by atoms with van der Waals surface area (Å²) in [5.41, 5.74) is -2.48. The van der Waals surface area contributed by atoms with Crippen LogP contribution in [0.25, 0.3) is 0 Å². The van der Waals surface area contributed by atoms with Crippen molar-refractivity contribution in [2.45, 2.75) is 76.9 Å². The summed E-state index contributed by atoms with van der Waals surface area (Å²) in [7, 11) is 0. The molecular weight excluding hydrogens is 384 g/mol. The summed E-state index contributed by atoms with van der Waals surface area (Å²) in [6.45, 7) is 4.82. The van der Waals surface area contributed by atoms with Crippen molar-refractivity contribution in [2.75, 3.05) is 0 Å². The van der Waals surface area contributed by atoms with Crippen LogP contribution in [0.2, 0.25) is 0 Å². The number of hydrogen-bond donors (Lipinski definition) is 0. The van der Waals surface area contributed by atoms with Gasteiger partial charge >= 0.3 is 11.9 Å². The minimum Gasteiger partial charge on any atom is -0.469 e. The fraction of sp³-hybridized carbons (Fsp3) is 0.571. The second-order valence-corrected chi connectivity index (χ2v) is 7.96. The van der Waals surface area contributed by atoms with Gasteiger partial charge in [-0.1, -0.05) is 44.2 Å². The van der Waals surface area contributed by atoms with E-state index in [1.165, 1.54) is 39.4 Å². The number of carbonyl (C=O) groups excluding carboxylic acids is 3. The Kier molecular flexibility index (Phi) is 5.71. The summed E-state index contributed by atoms with van der Waals surface area (Å²) < 4.78 is 16.6. The largest absolute Gasteiger partial charge is 0.469 e. The SMILES string of the molecule is CCCCCCCC1=CC2=C(Cl)C(=O)[C@@]3(C)OC(=O)C[C@@]3(OC(C)=O)C2=CO1. The number of allylic oxidation sites excluding steroid dienone is 2. The lowest BCUT2D eigenvalue weighted by Gasteiger charge is -2.44. The molecule has 0 spiro atoms. The van der Waals surface area contributed by atoms with Crippen LogP contribution in [-0.2, 0) is 28.6 Å². The zero-order chi connectivity index (χ0) is 20.5. The van der Waals surface area contributed by atoms with E-state index < -0.39 is 28.9 Å². The number of ketones is 1. The van der Waals surface area contributed by atoms with Crippen LogP contribution in [0.15, 0.2) is 34.3 Å². The molecule has 6 nitrogen and oxygen atoms in total. The van der Waals surface area contributed by atoms with Gasteiger partial charge in [0.05, 0.1) is 17.7 Å². The maximum absolute atomic E-state index is 13.0. The smallest absolute Gasteiger partial charge is 0.311 e. The third-order valence-corrected chi connectivity index (χ3v) is 5.93. The molecule has 0 aromatic carbocycles. The van der Waals surface area contributed by atoms with Gasteiger partial charge in [-0.2, -0.15) is 0 Å². The number of rotatable bonds is 7. The van der Waals surface area contributed by atoms with Gasteiger partial charge in [-0.15, -0.1) is 0 Å². The van der Waals surface area contributed by atoms with E-state index in [0.29, 0.717) is 23.3 Å². The highest BCUT2D eigenvalue weighted by atomic mass is 35.5. The lowest BCUT2D eigenvalue weighted by atomic mass is 9.68. The predicted molar refractivity (Wildman–Crippen MR) is 102 cm³/mol. The second kappa shape index (κ2) is 7.74. The summed E-state index contributed by atoms with van der Waals surface area (Å²) in [6, 6.07) is 0. The number of fused-ring (bicyclic) bond motifs is 3. The normalized spacial score (nSPS) is 28.7. The van der Waals surface area contributed by atoms with Crippen LogP contribution < -0.4 is 0 Å². The van der Waals surface area contributed by atoms with E-state index in [2.05, 4.69) is 6.92 Å². The van der Waals surface area contributed by atoms with Gasteiger partial charge in [-0.25, -0.2) is 0 Å². The van der Waals surface area contributed by atoms with Crippen LogP contribution in [0.5, 0.6) is 0 Å². The molecule has 1 fully saturated rings. The average molecular weight is 409 g/mol. The van der Waals surface area contributed by atoms with Gasteiger partial charge < -0.3 is 14.2 Å². The number of unbranched alkanes of at least 4 members (excludes halogenated alkanes) is 4. The molecule has 2 aliphatic heterocycles. The third kappa shape index (κ3) is 3.28. The van der Waals surface area contributed by atoms with Crippen LogP contribution in [0, 0.1) is 0 Å². The van der Waals surface area contributed by atoms with Gasteiger partial charge in [-0.3, -0.25) is 14.4 Å². The van der Waals surface area contributed by atoms with Crippen LogP contribution in [-0.4, -0.2) is 28.9 Å². The first-order valence-electron chi connectivity index (χ1n) is 9.69. The van der Waals surface area contributed by atoms with Crippen LogP contribution in [0.4, 0.5) is 0 Å². The second-order valence-electron chi connectivity index (χ2n) is 7.59. The highest BCUT2D eigenvalue weighted by Crippen LogP contribution is 2.54. The third-order valence-electron chi connectivity index (χ3n) is 5.55. The minimum atomic E-state index is -1.71. The van der Waals surface area contributed by atoms with E-state index in [-0.39, 0.29) is 11.5 Å². The van der Waals surface area contributed by atoms with E-state index in [4.69, 9.17) is 25.8 Å². The maximum atomic E-state index is 13.0. The summed E-state index contributed by atoms with van der Waals surface area (Å²) in [4.78, 5) is 36.9. The zero-order valence-electron chi connectivity index (χ0n) is 16.4. The van der Waals surface area contributed by atoms with Gasteiger partial charge in [0, 0.05) is 24.5 Å². The summed E-state index contributed by atoms with van der Waals surface area (Å²) >= 11 is 6.37. The van der Waals surface area contributed by atoms with Crippen molar-refractivity contribution in [1.29, 1.82) is 0 Å². The molecule has 0 aromatic rings. The van der Waals surface area contributed by atoms with Crippen molar-refractivity contribution in [1.82, 2.24) is 0 Å². The first kappa shape index (κ1) is 20.6. The Labute approximate surface area is 169 Å². The summed E-state index contributed by atoms with van der Waals surface area (Å²) in [6.07, 6.45) is 9.19. The van der Waals surface area contributed by atoms with E-state index >= 15 is 0 Å². The number of hydrogen-bond acceptors (Lipinski definition) is 6. The molecular formula is C21H25ClO6. The Balaban J connectivity index is 1.93. The molecule has 0 unspecified atom stereocenters. The van der Waals surface area contributed by atoms with E-state index in [9.17, 15) is 14.4 Å². The Morgan fingerprint density at radius 2 is 1.96 bits per heavy atom. The number of halogens is 1. The molecule has 0 N–H and O–H groups in total. The van der Waals surface area contributed by atoms with Crippen LogP contribution in [0.3, 0.4) is 0 Å². The standard InChI is InChI=1S/C21H25ClO6/c1-4-5-6-7-8-9-14-10-15-16(12-26-14)21(27-13(2)23)11-17(24)28-20(21,3)19(25)18(15)22/h10,12H,4-9,11H2,1-3H3/t20-,21-/m1/s1. The molecule has 0 bridgehead atoms. The van der Waals surface area contributed by atoms with Gasteiger partial charge in [0.1, 0.15) is 5.76 Å². The molecule has 152 valence electrons. The lowest BCUT2D eigenvalue weighted by Crippen LogP contribution is -2.60. The van der Waals surface area contributed by atoms with Crippen molar-refractivity contribution in [3.63, 3.8) is 0 Å². The highest BCUT2D eigenvalue weighted by Gasteiger charge is 2.70. The highest BCUT2D eigenvalue weighted by molar-refractivity contribution is 6.45. The monoisotopic (exact) mass is 408 g/mol. The summed E-state index contributed by atoms with van der Waals surface area (Å²) in [5, 5.41) is -0.0435. The van der Waals surface area contributed by atoms with Gasteiger partial charge in [0.2, 0.25) is 11.4 Å². The summed E-state index contributed by atoms with van der Waals surface area (Å²) in [5.74, 6) is -1.14. The quantitative estimate of drug-likeness (QED) is 0.463. The minimum absolute atomic E-state index is 0.0435.